The Morgan fingerprint density at radius 2 is 0.970 bits per heavy atom. The van der Waals surface area contributed by atoms with Gasteiger partial charge >= 0.3 is 0 Å². The van der Waals surface area contributed by atoms with E-state index in [1.54, 1.807) is 11.1 Å². The smallest absolute Gasteiger partial charge is 0 e. The van der Waals surface area contributed by atoms with Gasteiger partial charge in [0.25, 0.3) is 0 Å². The molecule has 0 amide bonds. The average molecular weight is 531 g/mol. The minimum absolute atomic E-state index is 0. The third-order valence-electron chi connectivity index (χ3n) is 6.01. The molecule has 2 atom stereocenters. The summed E-state index contributed by atoms with van der Waals surface area (Å²) in [6.45, 7) is 34.4. The summed E-state index contributed by atoms with van der Waals surface area (Å²) in [7, 11) is -0.328. The number of rotatable bonds is 4. The number of hydrogen-bond acceptors (Lipinski definition) is 0. The van der Waals surface area contributed by atoms with Gasteiger partial charge in [-0.15, -0.1) is 13.5 Å². The summed E-state index contributed by atoms with van der Waals surface area (Å²) in [5.74, 6) is 0. The minimum atomic E-state index is -0.164. The van der Waals surface area contributed by atoms with Crippen LogP contribution in [0.2, 0.25) is 0 Å². The molecule has 0 aromatic heterocycles. The van der Waals surface area contributed by atoms with Crippen LogP contribution in [0.5, 0.6) is 0 Å². The average Bonchev–Trinajstić information content (AvgIpc) is 3.24. The molecule has 2 aromatic carbocycles. The standard InChI is InChI=1S/C25H47P2.C5H5.Fe/c1-18(26(22(3,4)5)23(6,7)8)20-16-15-17-21(20)19(2)27(24(9,10)11)25(12,13)14;1-2-4-5-3-1;/h15-19H,1-14H3;1-5H;/q-1;-5;. The minimum Gasteiger partial charge on any atom is -0.748 e. The molecular formula is C30H52FeP2-6. The molecule has 3 heteroatoms. The Kier molecular flexibility index (Phi) is 12.4. The number of hydrogen-bond donors (Lipinski definition) is 0. The normalized spacial score (nSPS) is 15.0. The molecule has 0 aliphatic rings. The van der Waals surface area contributed by atoms with E-state index in [0.717, 1.165) is 0 Å². The van der Waals surface area contributed by atoms with E-state index < -0.39 is 0 Å². The van der Waals surface area contributed by atoms with Crippen molar-refractivity contribution < 1.29 is 17.1 Å². The zero-order valence-corrected chi connectivity index (χ0v) is 26.9. The molecule has 2 rings (SSSR count). The third-order valence-corrected chi connectivity index (χ3v) is 13.9. The molecule has 0 spiro atoms. The van der Waals surface area contributed by atoms with Crippen molar-refractivity contribution in [2.24, 2.45) is 0 Å². The van der Waals surface area contributed by atoms with Crippen molar-refractivity contribution >= 4 is 15.8 Å². The molecule has 33 heavy (non-hydrogen) atoms. The summed E-state index contributed by atoms with van der Waals surface area (Å²) < 4.78 is 0. The fraction of sp³-hybridized carbons (Fsp3) is 0.667. The molecule has 0 nitrogen and oxygen atoms in total. The maximum absolute atomic E-state index is 2.50. The van der Waals surface area contributed by atoms with E-state index in [0.29, 0.717) is 31.9 Å². The first kappa shape index (κ1) is 33.1. The molecule has 0 saturated carbocycles. The van der Waals surface area contributed by atoms with Gasteiger partial charge in [0, 0.05) is 17.1 Å². The van der Waals surface area contributed by atoms with Crippen LogP contribution in [-0.2, 0) is 17.1 Å². The van der Waals surface area contributed by atoms with Gasteiger partial charge in [0.1, 0.15) is 0 Å². The van der Waals surface area contributed by atoms with Crippen LogP contribution in [-0.4, -0.2) is 20.6 Å². The fourth-order valence-electron chi connectivity index (χ4n) is 6.14. The van der Waals surface area contributed by atoms with E-state index in [1.165, 1.54) is 0 Å². The Hall–Kier alpha value is 0.0795. The van der Waals surface area contributed by atoms with Crippen molar-refractivity contribution in [1.82, 2.24) is 0 Å². The van der Waals surface area contributed by atoms with Crippen molar-refractivity contribution in [1.29, 1.82) is 0 Å². The predicted octanol–water partition coefficient (Wildman–Crippen LogP) is 11.1. The summed E-state index contributed by atoms with van der Waals surface area (Å²) in [4.78, 5) is 0. The van der Waals surface area contributed by atoms with Crippen LogP contribution in [0.15, 0.2) is 48.5 Å². The summed E-state index contributed by atoms with van der Waals surface area (Å²) >= 11 is 0. The maximum atomic E-state index is 2.50. The Balaban J connectivity index is 0.00000150. The summed E-state index contributed by atoms with van der Waals surface area (Å²) in [6, 6.07) is 17.2. The first-order chi connectivity index (χ1) is 14.3. The second-order valence-corrected chi connectivity index (χ2v) is 21.6. The van der Waals surface area contributed by atoms with Crippen LogP contribution >= 0.6 is 15.8 Å². The SMILES string of the molecule is CC(c1ccc[c-]1C(C)P(C(C)(C)C)C(C)(C)C)P(C(C)(C)C)C(C)(C)C.[Fe].[cH-]1[cH-][cH-][cH-][cH-]1. The molecule has 0 radical (unpaired) electrons. The summed E-state index contributed by atoms with van der Waals surface area (Å²) in [6.07, 6.45) is 0. The van der Waals surface area contributed by atoms with E-state index in [4.69, 9.17) is 0 Å². The van der Waals surface area contributed by atoms with Gasteiger partial charge in [0.15, 0.2) is 0 Å². The molecule has 196 valence electrons. The Morgan fingerprint density at radius 3 is 1.27 bits per heavy atom. The van der Waals surface area contributed by atoms with Gasteiger partial charge in [-0.3, -0.25) is 0 Å². The van der Waals surface area contributed by atoms with Crippen LogP contribution < -0.4 is 0 Å². The molecule has 0 aliphatic carbocycles. The first-order valence-corrected chi connectivity index (χ1v) is 15.1. The van der Waals surface area contributed by atoms with Gasteiger partial charge in [0.2, 0.25) is 0 Å². The van der Waals surface area contributed by atoms with E-state index in [9.17, 15) is 0 Å². The van der Waals surface area contributed by atoms with Crippen LogP contribution in [0.1, 0.15) is 119 Å². The van der Waals surface area contributed by atoms with E-state index in [2.05, 4.69) is 115 Å². The molecule has 0 fully saturated rings. The van der Waals surface area contributed by atoms with Crippen molar-refractivity contribution in [3.8, 4) is 0 Å². The molecule has 0 aliphatic heterocycles. The Labute approximate surface area is 220 Å². The van der Waals surface area contributed by atoms with Gasteiger partial charge < -0.3 is 30.3 Å². The van der Waals surface area contributed by atoms with Gasteiger partial charge in [-0.05, 0) is 31.9 Å². The summed E-state index contributed by atoms with van der Waals surface area (Å²) in [5, 5.41) is 1.40. The summed E-state index contributed by atoms with van der Waals surface area (Å²) in [5.41, 5.74) is 4.51. The molecule has 0 bridgehead atoms. The van der Waals surface area contributed by atoms with Crippen LogP contribution in [0.3, 0.4) is 0 Å². The molecule has 0 saturated heterocycles. The van der Waals surface area contributed by atoms with Crippen molar-refractivity contribution in [3.63, 3.8) is 0 Å². The predicted molar refractivity (Wildman–Crippen MR) is 154 cm³/mol. The largest absolute Gasteiger partial charge is 0.748 e. The zero-order chi connectivity index (χ0) is 25.1. The Morgan fingerprint density at radius 1 is 0.636 bits per heavy atom. The Bertz CT molecular complexity index is 675. The zero-order valence-electron chi connectivity index (χ0n) is 24.0. The fourth-order valence-corrected chi connectivity index (χ4v) is 15.8. The van der Waals surface area contributed by atoms with Gasteiger partial charge in [-0.2, -0.15) is 11.6 Å². The van der Waals surface area contributed by atoms with Gasteiger partial charge in [-0.25, -0.2) is 12.1 Å². The van der Waals surface area contributed by atoms with Gasteiger partial charge in [0.05, 0.1) is 0 Å². The molecule has 2 unspecified atom stereocenters. The van der Waals surface area contributed by atoms with E-state index >= 15 is 0 Å². The first-order valence-electron chi connectivity index (χ1n) is 12.3. The van der Waals surface area contributed by atoms with Crippen molar-refractivity contribution in [2.75, 3.05) is 0 Å². The second-order valence-electron chi connectivity index (χ2n) is 13.2. The topological polar surface area (TPSA) is 0 Å². The molecule has 2 aromatic rings. The van der Waals surface area contributed by atoms with Crippen molar-refractivity contribution in [3.05, 3.63) is 59.7 Å². The van der Waals surface area contributed by atoms with Crippen LogP contribution in [0.25, 0.3) is 0 Å². The molecule has 0 heterocycles. The maximum Gasteiger partial charge on any atom is 0 e. The third kappa shape index (κ3) is 9.57. The molecule has 0 N–H and O–H groups in total. The van der Waals surface area contributed by atoms with E-state index in [1.807, 2.05) is 30.3 Å². The van der Waals surface area contributed by atoms with Crippen molar-refractivity contribution in [2.45, 2.75) is 129 Å². The quantitative estimate of drug-likeness (QED) is 0.210. The van der Waals surface area contributed by atoms with E-state index in [-0.39, 0.29) is 32.9 Å². The van der Waals surface area contributed by atoms with Crippen LogP contribution in [0, 0.1) is 0 Å². The van der Waals surface area contributed by atoms with Gasteiger partial charge in [-0.1, -0.05) is 105 Å². The second kappa shape index (κ2) is 12.4. The van der Waals surface area contributed by atoms with Crippen LogP contribution in [0.4, 0.5) is 0 Å². The molecular weight excluding hydrogens is 478 g/mol. The monoisotopic (exact) mass is 530 g/mol.